The fourth-order valence-corrected chi connectivity index (χ4v) is 4.13. The number of methoxy groups -OCH3 is 1. The van der Waals surface area contributed by atoms with Crippen molar-refractivity contribution in [2.24, 2.45) is 0 Å². The molecule has 0 spiro atoms. The van der Waals surface area contributed by atoms with E-state index in [1.165, 1.54) is 12.1 Å². The number of carbonyl (C=O) groups is 1. The first kappa shape index (κ1) is 27.1. The van der Waals surface area contributed by atoms with Crippen molar-refractivity contribution in [2.75, 3.05) is 13.7 Å². The molecule has 7 nitrogen and oxygen atoms in total. The maximum absolute atomic E-state index is 13.4. The smallest absolute Gasteiger partial charge is 0.311 e. The minimum Gasteiger partial charge on any atom is -0.497 e. The average Bonchev–Trinajstić information content (AvgIpc) is 2.97. The number of rotatable bonds is 13. The van der Waals surface area contributed by atoms with Crippen molar-refractivity contribution in [3.05, 3.63) is 148 Å². The molecule has 0 bridgehead atoms. The normalized spacial score (nSPS) is 10.5. The van der Waals surface area contributed by atoms with Crippen LogP contribution in [0.5, 0.6) is 11.5 Å². The maximum Gasteiger partial charge on any atom is 0.311 e. The summed E-state index contributed by atoms with van der Waals surface area (Å²) in [6.07, 6.45) is 0.538. The van der Waals surface area contributed by atoms with Gasteiger partial charge in [0.05, 0.1) is 18.6 Å². The van der Waals surface area contributed by atoms with Crippen molar-refractivity contribution in [1.29, 1.82) is 0 Å². The minimum atomic E-state index is -0.526. The largest absolute Gasteiger partial charge is 0.497 e. The first-order chi connectivity index (χ1) is 18.9. The predicted octanol–water partition coefficient (Wildman–Crippen LogP) is 6.62. The van der Waals surface area contributed by atoms with Crippen LogP contribution in [0.3, 0.4) is 0 Å². The molecule has 0 amide bonds. The number of allylic oxidation sites excluding steroid dienone is 1. The summed E-state index contributed by atoms with van der Waals surface area (Å²) in [5.41, 5.74) is 3.69. The number of nitro groups is 1. The molecule has 0 radical (unpaired) electrons. The molecule has 0 unspecified atom stereocenters. The SMILES string of the molecule is C=C(Cc1ccc(OC)cc1)N(CC(=O)c1ccc(OCc2ccccc2)c([N+](=O)[O-])c1)Cc1ccccc1. The van der Waals surface area contributed by atoms with E-state index in [0.29, 0.717) is 13.0 Å². The standard InChI is InChI=1S/C32H30N2O5/c1-24(19-25-13-16-29(38-2)17-14-25)33(21-26-9-5-3-6-10-26)22-31(35)28-15-18-32(30(20-28)34(36)37)39-23-27-11-7-4-8-12-27/h3-18,20H,1,19,21-23H2,2H3. The highest BCUT2D eigenvalue weighted by molar-refractivity contribution is 5.98. The molecular weight excluding hydrogens is 492 g/mol. The van der Waals surface area contributed by atoms with Crippen LogP contribution in [0.15, 0.2) is 115 Å². The van der Waals surface area contributed by atoms with Crippen molar-refractivity contribution >= 4 is 11.5 Å². The summed E-state index contributed by atoms with van der Waals surface area (Å²) in [4.78, 5) is 26.6. The lowest BCUT2D eigenvalue weighted by Gasteiger charge is -2.26. The number of hydrogen-bond donors (Lipinski definition) is 0. The molecule has 4 aromatic carbocycles. The molecule has 0 saturated carbocycles. The molecular formula is C32H30N2O5. The Labute approximate surface area is 228 Å². The Morgan fingerprint density at radius 2 is 1.51 bits per heavy atom. The molecule has 4 aromatic rings. The predicted molar refractivity (Wildman–Crippen MR) is 151 cm³/mol. The highest BCUT2D eigenvalue weighted by Gasteiger charge is 2.21. The molecule has 198 valence electrons. The third kappa shape index (κ3) is 7.55. The lowest BCUT2D eigenvalue weighted by Crippen LogP contribution is -2.29. The second-order valence-electron chi connectivity index (χ2n) is 9.07. The van der Waals surface area contributed by atoms with Crippen molar-refractivity contribution in [3.63, 3.8) is 0 Å². The molecule has 0 aromatic heterocycles. The van der Waals surface area contributed by atoms with Gasteiger partial charge >= 0.3 is 5.69 Å². The Bertz CT molecular complexity index is 1420. The second kappa shape index (κ2) is 13.1. The Morgan fingerprint density at radius 1 is 0.872 bits per heavy atom. The zero-order valence-corrected chi connectivity index (χ0v) is 21.8. The topological polar surface area (TPSA) is 81.9 Å². The molecule has 0 aliphatic heterocycles. The van der Waals surface area contributed by atoms with Crippen LogP contribution in [0.1, 0.15) is 27.0 Å². The fraction of sp³-hybridized carbons (Fsp3) is 0.156. The number of benzene rings is 4. The number of Topliss-reactive ketones (excluding diaryl/α,β-unsaturated/α-hetero) is 1. The van der Waals surface area contributed by atoms with E-state index in [9.17, 15) is 14.9 Å². The van der Waals surface area contributed by atoms with Crippen LogP contribution in [0.4, 0.5) is 5.69 Å². The lowest BCUT2D eigenvalue weighted by atomic mass is 10.1. The molecule has 7 heteroatoms. The summed E-state index contributed by atoms with van der Waals surface area (Å²) in [7, 11) is 1.62. The number of carbonyl (C=O) groups excluding carboxylic acids is 1. The average molecular weight is 523 g/mol. The van der Waals surface area contributed by atoms with Crippen LogP contribution >= 0.6 is 0 Å². The van der Waals surface area contributed by atoms with Crippen LogP contribution in [0.2, 0.25) is 0 Å². The molecule has 4 rings (SSSR count). The lowest BCUT2D eigenvalue weighted by molar-refractivity contribution is -0.386. The molecule has 0 saturated heterocycles. The van der Waals surface area contributed by atoms with Crippen molar-refractivity contribution in [1.82, 2.24) is 4.90 Å². The zero-order valence-electron chi connectivity index (χ0n) is 21.8. The number of nitrogens with zero attached hydrogens (tertiary/aromatic N) is 2. The van der Waals surface area contributed by atoms with Gasteiger partial charge in [-0.05, 0) is 41.0 Å². The van der Waals surface area contributed by atoms with Gasteiger partial charge in [-0.15, -0.1) is 0 Å². The summed E-state index contributed by atoms with van der Waals surface area (Å²) in [5.74, 6) is 0.628. The molecule has 0 aliphatic rings. The van der Waals surface area contributed by atoms with Crippen molar-refractivity contribution < 1.29 is 19.2 Å². The number of ketones is 1. The first-order valence-electron chi connectivity index (χ1n) is 12.5. The van der Waals surface area contributed by atoms with Crippen LogP contribution in [0, 0.1) is 10.1 Å². The Balaban J connectivity index is 1.52. The molecule has 0 fully saturated rings. The highest BCUT2D eigenvalue weighted by atomic mass is 16.6. The van der Waals surface area contributed by atoms with Gasteiger partial charge in [0.25, 0.3) is 0 Å². The first-order valence-corrected chi connectivity index (χ1v) is 12.5. The molecule has 0 aliphatic carbocycles. The van der Waals surface area contributed by atoms with Gasteiger partial charge in [0.1, 0.15) is 12.4 Å². The van der Waals surface area contributed by atoms with E-state index in [1.807, 2.05) is 89.8 Å². The third-order valence-corrected chi connectivity index (χ3v) is 6.28. The van der Waals surface area contributed by atoms with Crippen LogP contribution < -0.4 is 9.47 Å². The van der Waals surface area contributed by atoms with E-state index < -0.39 is 4.92 Å². The molecule has 0 N–H and O–H groups in total. The van der Waals surface area contributed by atoms with Crippen LogP contribution in [0.25, 0.3) is 0 Å². The summed E-state index contributed by atoms with van der Waals surface area (Å²) < 4.78 is 11.0. The monoisotopic (exact) mass is 522 g/mol. The zero-order chi connectivity index (χ0) is 27.6. The van der Waals surface area contributed by atoms with Crippen molar-refractivity contribution in [3.8, 4) is 11.5 Å². The fourth-order valence-electron chi connectivity index (χ4n) is 4.13. The van der Waals surface area contributed by atoms with E-state index in [0.717, 1.165) is 28.1 Å². The number of ether oxygens (including phenoxy) is 2. The van der Waals surface area contributed by atoms with Gasteiger partial charge in [0.2, 0.25) is 0 Å². The van der Waals surface area contributed by atoms with Crippen molar-refractivity contribution in [2.45, 2.75) is 19.6 Å². The van der Waals surface area contributed by atoms with E-state index >= 15 is 0 Å². The van der Waals surface area contributed by atoms with Gasteiger partial charge in [-0.1, -0.05) is 79.4 Å². The summed E-state index contributed by atoms with van der Waals surface area (Å²) in [6.45, 7) is 4.94. The molecule has 0 atom stereocenters. The van der Waals surface area contributed by atoms with E-state index in [2.05, 4.69) is 6.58 Å². The van der Waals surface area contributed by atoms with Crippen LogP contribution in [-0.4, -0.2) is 29.3 Å². The minimum absolute atomic E-state index is 0.0191. The summed E-state index contributed by atoms with van der Waals surface area (Å²) >= 11 is 0. The molecule has 39 heavy (non-hydrogen) atoms. The summed E-state index contributed by atoms with van der Waals surface area (Å²) in [5, 5.41) is 11.8. The van der Waals surface area contributed by atoms with Gasteiger partial charge in [0.15, 0.2) is 11.5 Å². The Hall–Kier alpha value is -4.91. The van der Waals surface area contributed by atoms with E-state index in [4.69, 9.17) is 9.47 Å². The second-order valence-corrected chi connectivity index (χ2v) is 9.07. The van der Waals surface area contributed by atoms with Crippen LogP contribution in [-0.2, 0) is 19.6 Å². The summed E-state index contributed by atoms with van der Waals surface area (Å²) in [6, 6.07) is 31.2. The van der Waals surface area contributed by atoms with E-state index in [1.54, 1.807) is 13.2 Å². The van der Waals surface area contributed by atoms with Gasteiger partial charge < -0.3 is 14.4 Å². The quantitative estimate of drug-likeness (QED) is 0.111. The number of hydrogen-bond acceptors (Lipinski definition) is 6. The number of nitro benzene ring substituents is 1. The molecule has 0 heterocycles. The Kier molecular flexibility index (Phi) is 9.08. The van der Waals surface area contributed by atoms with E-state index in [-0.39, 0.29) is 35.9 Å². The Morgan fingerprint density at radius 3 is 2.13 bits per heavy atom. The van der Waals surface area contributed by atoms with Gasteiger partial charge in [-0.25, -0.2) is 0 Å². The van der Waals surface area contributed by atoms with Gasteiger partial charge in [-0.2, -0.15) is 0 Å². The maximum atomic E-state index is 13.4. The van der Waals surface area contributed by atoms with Gasteiger partial charge in [-0.3, -0.25) is 14.9 Å². The van der Waals surface area contributed by atoms with Gasteiger partial charge in [0, 0.05) is 30.3 Å². The highest BCUT2D eigenvalue weighted by Crippen LogP contribution is 2.29. The third-order valence-electron chi connectivity index (χ3n) is 6.28.